The maximum absolute atomic E-state index is 11.3. The summed E-state index contributed by atoms with van der Waals surface area (Å²) < 4.78 is 4.94. The number of aliphatic imine (C=N–C) groups is 1. The summed E-state index contributed by atoms with van der Waals surface area (Å²) in [7, 11) is 0. The normalized spacial score (nSPS) is 13.6. The van der Waals surface area contributed by atoms with Gasteiger partial charge in [-0.15, -0.1) is 0 Å². The Morgan fingerprint density at radius 3 is 2.58 bits per heavy atom. The van der Waals surface area contributed by atoms with Crippen LogP contribution < -0.4 is 5.32 Å². The second-order valence-corrected chi connectivity index (χ2v) is 8.29. The van der Waals surface area contributed by atoms with Crippen molar-refractivity contribution in [3.63, 3.8) is 0 Å². The minimum atomic E-state index is -0.102. The zero-order chi connectivity index (χ0) is 22.3. The van der Waals surface area contributed by atoms with E-state index in [0.29, 0.717) is 13.0 Å². The van der Waals surface area contributed by atoms with Crippen LogP contribution in [0.25, 0.3) is 0 Å². The maximum atomic E-state index is 11.3. The van der Waals surface area contributed by atoms with Crippen molar-refractivity contribution >= 4 is 23.2 Å². The van der Waals surface area contributed by atoms with Crippen LogP contribution in [-0.2, 0) is 14.9 Å². The molecule has 2 heterocycles. The largest absolute Gasteiger partial charge is 0.466 e. The third-order valence-electron chi connectivity index (χ3n) is 5.65. The van der Waals surface area contributed by atoms with Crippen molar-refractivity contribution in [3.05, 3.63) is 53.2 Å². The zero-order valence-corrected chi connectivity index (χ0v) is 18.9. The number of pyridine rings is 1. The molecule has 2 aromatic rings. The molecule has 3 rings (SSSR count). The van der Waals surface area contributed by atoms with Crippen molar-refractivity contribution in [2.45, 2.75) is 58.8 Å². The fourth-order valence-electron chi connectivity index (χ4n) is 3.42. The molecule has 162 valence electrons. The van der Waals surface area contributed by atoms with Gasteiger partial charge in [0.2, 0.25) is 0 Å². The van der Waals surface area contributed by atoms with Crippen LogP contribution in [0.2, 0.25) is 0 Å². The molecule has 0 saturated carbocycles. The SMILES string of the molecule is CCOC(=O)CCCCCNc1ccc(C#Cc2cnc3c(c2)C(C)(C)C(C)=N3)cc1. The van der Waals surface area contributed by atoms with E-state index >= 15 is 0 Å². The van der Waals surface area contributed by atoms with Gasteiger partial charge in [0.15, 0.2) is 5.82 Å². The molecule has 1 aliphatic heterocycles. The van der Waals surface area contributed by atoms with E-state index in [0.717, 1.165) is 59.7 Å². The Kier molecular flexibility index (Phi) is 7.46. The second-order valence-electron chi connectivity index (χ2n) is 8.29. The van der Waals surface area contributed by atoms with E-state index in [4.69, 9.17) is 4.74 Å². The Balaban J connectivity index is 1.48. The minimum absolute atomic E-state index is 0.0911. The van der Waals surface area contributed by atoms with Crippen molar-refractivity contribution in [2.24, 2.45) is 4.99 Å². The van der Waals surface area contributed by atoms with Crippen LogP contribution >= 0.6 is 0 Å². The highest BCUT2D eigenvalue weighted by Gasteiger charge is 2.33. The first-order valence-electron chi connectivity index (χ1n) is 11.0. The number of esters is 1. The fourth-order valence-corrected chi connectivity index (χ4v) is 3.42. The van der Waals surface area contributed by atoms with Gasteiger partial charge in [0.05, 0.1) is 6.61 Å². The topological polar surface area (TPSA) is 63.6 Å². The predicted octanol–water partition coefficient (Wildman–Crippen LogP) is 5.40. The molecule has 1 N–H and O–H groups in total. The van der Waals surface area contributed by atoms with Crippen LogP contribution in [0.15, 0.2) is 41.5 Å². The highest BCUT2D eigenvalue weighted by atomic mass is 16.5. The van der Waals surface area contributed by atoms with E-state index in [1.807, 2.05) is 38.1 Å². The van der Waals surface area contributed by atoms with Crippen molar-refractivity contribution in [1.29, 1.82) is 0 Å². The lowest BCUT2D eigenvalue weighted by atomic mass is 9.82. The van der Waals surface area contributed by atoms with Crippen LogP contribution in [-0.4, -0.2) is 29.8 Å². The summed E-state index contributed by atoms with van der Waals surface area (Å²) in [4.78, 5) is 20.3. The first kappa shape index (κ1) is 22.6. The van der Waals surface area contributed by atoms with Crippen LogP contribution in [0.1, 0.15) is 70.1 Å². The predicted molar refractivity (Wildman–Crippen MR) is 126 cm³/mol. The minimum Gasteiger partial charge on any atom is -0.466 e. The Labute approximate surface area is 185 Å². The van der Waals surface area contributed by atoms with E-state index in [1.54, 1.807) is 6.20 Å². The van der Waals surface area contributed by atoms with Crippen LogP contribution in [0, 0.1) is 11.8 Å². The number of hydrogen-bond acceptors (Lipinski definition) is 5. The van der Waals surface area contributed by atoms with E-state index in [-0.39, 0.29) is 11.4 Å². The first-order valence-corrected chi connectivity index (χ1v) is 11.0. The van der Waals surface area contributed by atoms with Gasteiger partial charge in [-0.3, -0.25) is 4.79 Å². The number of rotatable bonds is 8. The Morgan fingerprint density at radius 1 is 1.10 bits per heavy atom. The molecule has 1 aromatic carbocycles. The number of anilines is 1. The average Bonchev–Trinajstić information content (AvgIpc) is 2.98. The van der Waals surface area contributed by atoms with E-state index in [1.165, 1.54) is 0 Å². The van der Waals surface area contributed by atoms with Crippen molar-refractivity contribution in [1.82, 2.24) is 4.98 Å². The van der Waals surface area contributed by atoms with Crippen molar-refractivity contribution in [3.8, 4) is 11.8 Å². The summed E-state index contributed by atoms with van der Waals surface area (Å²) in [5.74, 6) is 7.16. The highest BCUT2D eigenvalue weighted by Crippen LogP contribution is 2.38. The summed E-state index contributed by atoms with van der Waals surface area (Å²) in [6, 6.07) is 10.2. The third-order valence-corrected chi connectivity index (χ3v) is 5.65. The van der Waals surface area contributed by atoms with Crippen LogP contribution in [0.3, 0.4) is 0 Å². The quantitative estimate of drug-likeness (QED) is 0.355. The Morgan fingerprint density at radius 2 is 1.84 bits per heavy atom. The zero-order valence-electron chi connectivity index (χ0n) is 18.9. The van der Waals surface area contributed by atoms with Gasteiger partial charge in [-0.1, -0.05) is 32.1 Å². The number of benzene rings is 1. The van der Waals surface area contributed by atoms with E-state index in [2.05, 4.69) is 47.0 Å². The lowest BCUT2D eigenvalue weighted by molar-refractivity contribution is -0.143. The molecule has 0 bridgehead atoms. The number of ether oxygens (including phenoxy) is 1. The average molecular weight is 418 g/mol. The van der Waals surface area contributed by atoms with E-state index in [9.17, 15) is 4.79 Å². The molecule has 1 aliphatic rings. The summed E-state index contributed by atoms with van der Waals surface area (Å²) in [6.07, 6.45) is 5.19. The maximum Gasteiger partial charge on any atom is 0.305 e. The summed E-state index contributed by atoms with van der Waals surface area (Å²) in [5.41, 5.74) is 5.07. The van der Waals surface area contributed by atoms with Gasteiger partial charge in [0.25, 0.3) is 0 Å². The summed E-state index contributed by atoms with van der Waals surface area (Å²) >= 11 is 0. The van der Waals surface area contributed by atoms with Crippen molar-refractivity contribution in [2.75, 3.05) is 18.5 Å². The summed E-state index contributed by atoms with van der Waals surface area (Å²) in [5, 5.41) is 3.41. The lowest BCUT2D eigenvalue weighted by Crippen LogP contribution is -2.22. The first-order chi connectivity index (χ1) is 14.9. The third kappa shape index (κ3) is 5.95. The molecule has 0 atom stereocenters. The van der Waals surface area contributed by atoms with Crippen LogP contribution in [0.4, 0.5) is 11.5 Å². The Hall–Kier alpha value is -3.13. The number of nitrogens with zero attached hydrogens (tertiary/aromatic N) is 2. The smallest absolute Gasteiger partial charge is 0.305 e. The molecule has 1 aromatic heterocycles. The number of hydrogen-bond donors (Lipinski definition) is 1. The van der Waals surface area contributed by atoms with Gasteiger partial charge in [0, 0.05) is 52.7 Å². The van der Waals surface area contributed by atoms with Crippen LogP contribution in [0.5, 0.6) is 0 Å². The molecule has 0 spiro atoms. The molecule has 0 aliphatic carbocycles. The second kappa shape index (κ2) is 10.3. The lowest BCUT2D eigenvalue weighted by Gasteiger charge is -2.19. The van der Waals surface area contributed by atoms with Gasteiger partial charge >= 0.3 is 5.97 Å². The number of aromatic nitrogens is 1. The summed E-state index contributed by atoms with van der Waals surface area (Å²) in [6.45, 7) is 9.56. The number of unbranched alkanes of at least 4 members (excludes halogenated alkanes) is 2. The molecule has 5 heteroatoms. The number of fused-ring (bicyclic) bond motifs is 1. The van der Waals surface area contributed by atoms with Crippen molar-refractivity contribution < 1.29 is 9.53 Å². The van der Waals surface area contributed by atoms with E-state index < -0.39 is 0 Å². The molecular formula is C26H31N3O2. The number of carbonyl (C=O) groups is 1. The highest BCUT2D eigenvalue weighted by molar-refractivity contribution is 5.98. The molecule has 31 heavy (non-hydrogen) atoms. The monoisotopic (exact) mass is 417 g/mol. The number of nitrogens with one attached hydrogen (secondary N) is 1. The fraction of sp³-hybridized carbons (Fsp3) is 0.423. The molecule has 0 saturated heterocycles. The van der Waals surface area contributed by atoms with Gasteiger partial charge in [-0.2, -0.15) is 0 Å². The molecular weight excluding hydrogens is 386 g/mol. The van der Waals surface area contributed by atoms with Gasteiger partial charge in [0.1, 0.15) is 0 Å². The molecule has 0 fully saturated rings. The van der Waals surface area contributed by atoms with Gasteiger partial charge in [-0.05, 0) is 57.0 Å². The van der Waals surface area contributed by atoms with Gasteiger partial charge in [-0.25, -0.2) is 9.98 Å². The number of carbonyl (C=O) groups excluding carboxylic acids is 1. The Bertz CT molecular complexity index is 1010. The molecule has 0 unspecified atom stereocenters. The molecule has 0 radical (unpaired) electrons. The standard InChI is InChI=1S/C26H31N3O2/c1-5-31-24(30)9-7-6-8-16-27-22-14-12-20(13-15-22)10-11-21-17-23-25(28-18-21)29-19(2)26(23,3)4/h12-15,17-18,27H,5-9,16H2,1-4H3. The van der Waals surface area contributed by atoms with Gasteiger partial charge < -0.3 is 10.1 Å². The molecule has 0 amide bonds. The molecule has 5 nitrogen and oxygen atoms in total.